The number of halogens is 2. The largest absolute Gasteiger partial charge is 1.00 e. The van der Waals surface area contributed by atoms with E-state index in [1.54, 1.807) is 12.2 Å². The van der Waals surface area contributed by atoms with Gasteiger partial charge >= 0.3 is 6.09 Å². The quantitative estimate of drug-likeness (QED) is 0.584. The topological polar surface area (TPSA) is 42.9 Å². The van der Waals surface area contributed by atoms with E-state index in [1.165, 1.54) is 0 Å². The molecule has 0 aliphatic heterocycles. The zero-order chi connectivity index (χ0) is 9.52. The molecule has 0 aliphatic rings. The van der Waals surface area contributed by atoms with Crippen LogP contribution in [0.25, 0.3) is 0 Å². The van der Waals surface area contributed by atoms with Crippen molar-refractivity contribution >= 4 is 6.09 Å². The fourth-order valence-electron chi connectivity index (χ4n) is 1.02. The number of hydrogen-bond acceptors (Lipinski definition) is 2. The van der Waals surface area contributed by atoms with Crippen LogP contribution in [0.2, 0.25) is 0 Å². The third-order valence-electron chi connectivity index (χ3n) is 1.63. The molecule has 0 aliphatic carbocycles. The summed E-state index contributed by atoms with van der Waals surface area (Å²) in [7, 11) is 0. The van der Waals surface area contributed by atoms with Crippen LogP contribution in [0.5, 0.6) is 0 Å². The van der Waals surface area contributed by atoms with E-state index in [0.29, 0.717) is 13.2 Å². The predicted octanol–water partition coefficient (Wildman–Crippen LogP) is -5.09. The van der Waals surface area contributed by atoms with Crippen LogP contribution in [0, 0.1) is 0 Å². The highest BCUT2D eigenvalue weighted by atomic mass is 35.5. The van der Waals surface area contributed by atoms with Crippen molar-refractivity contribution in [2.75, 3.05) is 6.61 Å². The Bertz CT molecular complexity index is 267. The molecule has 0 bridgehead atoms. The number of benzene rings is 1. The fraction of sp³-hybridized carbons (Fsp3) is 0.300. The van der Waals surface area contributed by atoms with Crippen LogP contribution in [0.1, 0.15) is 12.5 Å². The van der Waals surface area contributed by atoms with Crippen molar-refractivity contribution in [2.24, 2.45) is 0 Å². The van der Waals surface area contributed by atoms with Crippen molar-refractivity contribution in [1.82, 2.24) is 0 Å². The summed E-state index contributed by atoms with van der Waals surface area (Å²) in [5.41, 5.74) is 1.12. The molecule has 3 nitrogen and oxygen atoms in total. The minimum Gasteiger partial charge on any atom is -1.00 e. The van der Waals surface area contributed by atoms with Crippen LogP contribution in [0.4, 0.5) is 4.79 Å². The molecule has 0 atom stereocenters. The van der Waals surface area contributed by atoms with Gasteiger partial charge in [-0.25, -0.2) is 5.32 Å². The first kappa shape index (κ1) is 16.7. The van der Waals surface area contributed by atoms with Crippen molar-refractivity contribution in [3.05, 3.63) is 35.9 Å². The summed E-state index contributed by atoms with van der Waals surface area (Å²) in [5, 5.41) is 1.55. The highest BCUT2D eigenvalue weighted by Gasteiger charge is 2.04. The molecule has 1 rings (SSSR count). The van der Waals surface area contributed by atoms with Crippen LogP contribution in [0.3, 0.4) is 0 Å². The van der Waals surface area contributed by atoms with E-state index in [2.05, 4.69) is 0 Å². The number of primary amides is 1. The van der Waals surface area contributed by atoms with Crippen LogP contribution >= 0.6 is 0 Å². The first-order valence-corrected chi connectivity index (χ1v) is 4.37. The molecule has 1 aromatic carbocycles. The second kappa shape index (κ2) is 9.77. The molecule has 0 unspecified atom stereocenters. The number of nitrogens with two attached hydrogens (primary N) is 1. The fourth-order valence-corrected chi connectivity index (χ4v) is 1.02. The molecule has 0 saturated heterocycles. The van der Waals surface area contributed by atoms with Gasteiger partial charge in [0, 0.05) is 5.56 Å². The van der Waals surface area contributed by atoms with Crippen LogP contribution < -0.4 is 30.1 Å². The molecule has 0 radical (unpaired) electrons. The molecular weight excluding hydrogens is 237 g/mol. The maximum absolute atomic E-state index is 10.9. The Morgan fingerprint density at radius 3 is 2.40 bits per heavy atom. The Hall–Kier alpha value is -0.770. The minimum absolute atomic E-state index is 0. The third-order valence-corrected chi connectivity index (χ3v) is 1.63. The first-order chi connectivity index (χ1) is 6.33. The molecule has 0 fully saturated rings. The van der Waals surface area contributed by atoms with Crippen LogP contribution in [-0.2, 0) is 11.3 Å². The van der Waals surface area contributed by atoms with Gasteiger partial charge in [0.15, 0.2) is 0 Å². The Kier molecular flexibility index (Phi) is 10.8. The summed E-state index contributed by atoms with van der Waals surface area (Å²) in [6.45, 7) is 2.87. The van der Waals surface area contributed by atoms with E-state index < -0.39 is 0 Å². The Morgan fingerprint density at radius 2 is 1.87 bits per heavy atom. The van der Waals surface area contributed by atoms with E-state index in [9.17, 15) is 4.79 Å². The first-order valence-electron chi connectivity index (χ1n) is 4.37. The second-order valence-electron chi connectivity index (χ2n) is 2.65. The number of hydrogen-bond donors (Lipinski definition) is 1. The highest BCUT2D eigenvalue weighted by Crippen LogP contribution is 1.94. The van der Waals surface area contributed by atoms with Gasteiger partial charge in [-0.1, -0.05) is 30.3 Å². The van der Waals surface area contributed by atoms with E-state index in [1.807, 2.05) is 30.3 Å². The van der Waals surface area contributed by atoms with Gasteiger partial charge in [0.05, 0.1) is 6.61 Å². The molecule has 0 spiro atoms. The van der Waals surface area contributed by atoms with Gasteiger partial charge in [0.25, 0.3) is 0 Å². The Balaban J connectivity index is 0. The second-order valence-corrected chi connectivity index (χ2v) is 2.65. The molecule has 1 amide bonds. The van der Waals surface area contributed by atoms with Crippen LogP contribution in [0.15, 0.2) is 30.3 Å². The minimum atomic E-state index is -0.244. The lowest BCUT2D eigenvalue weighted by Gasteiger charge is -1.99. The molecule has 0 aromatic heterocycles. The van der Waals surface area contributed by atoms with Gasteiger partial charge in [-0.05, 0) is 6.92 Å². The summed E-state index contributed by atoms with van der Waals surface area (Å²) in [5.74, 6) is 0. The third kappa shape index (κ3) is 7.19. The maximum atomic E-state index is 10.9. The molecule has 2 N–H and O–H groups in total. The zero-order valence-electron chi connectivity index (χ0n) is 8.45. The molecule has 5 heteroatoms. The number of rotatable bonds is 3. The lowest BCUT2D eigenvalue weighted by molar-refractivity contribution is -0.586. The monoisotopic (exact) mass is 250 g/mol. The van der Waals surface area contributed by atoms with Gasteiger partial charge < -0.3 is 29.6 Å². The van der Waals surface area contributed by atoms with Gasteiger partial charge in [-0.15, -0.1) is 0 Å². The number of quaternary nitrogens is 1. The van der Waals surface area contributed by atoms with Gasteiger partial charge in [-0.3, -0.25) is 0 Å². The van der Waals surface area contributed by atoms with Crippen molar-refractivity contribution in [2.45, 2.75) is 13.5 Å². The smallest absolute Gasteiger partial charge is 0.512 e. The molecule has 0 saturated carbocycles. The highest BCUT2D eigenvalue weighted by molar-refractivity contribution is 5.55. The number of carbonyl (C=O) groups is 1. The molecule has 0 heterocycles. The molecule has 15 heavy (non-hydrogen) atoms. The number of amides is 1. The normalized spacial score (nSPS) is 8.33. The van der Waals surface area contributed by atoms with Gasteiger partial charge in [0.2, 0.25) is 0 Å². The van der Waals surface area contributed by atoms with Crippen LogP contribution in [-0.4, -0.2) is 12.7 Å². The summed E-state index contributed by atoms with van der Waals surface area (Å²) < 4.78 is 4.77. The SMILES string of the molecule is CCOC(=O)[NH2+]Cc1ccccc1.[Cl-].[Cl-]. The zero-order valence-corrected chi connectivity index (χ0v) is 9.96. The average Bonchev–Trinajstić information content (AvgIpc) is 2.17. The summed E-state index contributed by atoms with van der Waals surface area (Å²) in [6.07, 6.45) is -0.244. The lowest BCUT2D eigenvalue weighted by Crippen LogP contribution is -3.00. The van der Waals surface area contributed by atoms with E-state index in [-0.39, 0.29) is 30.9 Å². The number of carbonyl (C=O) groups excluding carboxylic acids is 1. The van der Waals surface area contributed by atoms with Gasteiger partial charge in [0.1, 0.15) is 6.54 Å². The van der Waals surface area contributed by atoms with Gasteiger partial charge in [-0.2, -0.15) is 4.79 Å². The maximum Gasteiger partial charge on any atom is 0.512 e. The number of ether oxygens (including phenoxy) is 1. The molecule has 1 aromatic rings. The summed E-state index contributed by atoms with van der Waals surface area (Å²) >= 11 is 0. The van der Waals surface area contributed by atoms with E-state index in [0.717, 1.165) is 5.56 Å². The Morgan fingerprint density at radius 1 is 1.27 bits per heavy atom. The lowest BCUT2D eigenvalue weighted by atomic mass is 10.2. The molecular formula is C10H14Cl2NO2-. The van der Waals surface area contributed by atoms with Crippen molar-refractivity contribution in [1.29, 1.82) is 0 Å². The predicted molar refractivity (Wildman–Crippen MR) is 49.1 cm³/mol. The van der Waals surface area contributed by atoms with Crippen molar-refractivity contribution < 1.29 is 39.7 Å². The summed E-state index contributed by atoms with van der Waals surface area (Å²) in [6, 6.07) is 9.82. The van der Waals surface area contributed by atoms with E-state index >= 15 is 0 Å². The molecule has 86 valence electrons. The average molecular weight is 251 g/mol. The Labute approximate surface area is 102 Å². The van der Waals surface area contributed by atoms with E-state index in [4.69, 9.17) is 4.74 Å². The van der Waals surface area contributed by atoms with Crippen molar-refractivity contribution in [3.63, 3.8) is 0 Å². The summed E-state index contributed by atoms with van der Waals surface area (Å²) in [4.78, 5) is 10.9. The standard InChI is InChI=1S/C10H13NO2.2ClH/c1-2-13-10(12)11-8-9-6-4-3-5-7-9;;/h3-7H,2,8H2,1H3,(H,11,12);2*1H/p-1. The van der Waals surface area contributed by atoms with Crippen molar-refractivity contribution in [3.8, 4) is 0 Å².